The predicted molar refractivity (Wildman–Crippen MR) is 281 cm³/mol. The molecule has 0 unspecified atom stereocenters. The van der Waals surface area contributed by atoms with Crippen molar-refractivity contribution in [2.45, 2.75) is 0 Å². The van der Waals surface area contributed by atoms with Crippen LogP contribution in [-0.2, 0) is 0 Å². The highest BCUT2D eigenvalue weighted by Gasteiger charge is 2.26. The number of rotatable bonds is 8. The summed E-state index contributed by atoms with van der Waals surface area (Å²) in [5.74, 6) is 1.72. The fourth-order valence-corrected chi connectivity index (χ4v) is 10.1. The largest absolute Gasteiger partial charge is 0.306 e. The standard InChI is InChI=1S/C63H41N5/c1-5-20-42(21-6-1)46-28-17-30-48(40-46)61-64-62(49-31-18-29-47(41-49)43-22-7-2-8-23-43)66-63(65-61)68-57-37-16-14-33-53(57)55-39-38-54-52-32-13-15-36-56(52)67(59(54)60(55)68)58-50(44-24-9-3-10-25-44)34-19-35-51(58)45-26-11-4-12-27-45/h1-41H. The molecule has 13 aromatic rings. The van der Waals surface area contributed by atoms with E-state index in [0.717, 1.165) is 105 Å². The van der Waals surface area contributed by atoms with Crippen LogP contribution < -0.4 is 0 Å². The first-order valence-electron chi connectivity index (χ1n) is 23.0. The van der Waals surface area contributed by atoms with Crippen molar-refractivity contribution >= 4 is 43.6 Å². The SMILES string of the molecule is c1ccc(-c2cccc(-c3nc(-c4cccc(-c5ccccc5)c4)nc(-n4c5ccccc5c5ccc6c7ccccc7n(-c7c(-c8ccccc8)cccc7-c7ccccc7)c6c54)n3)c2)cc1. The molecule has 0 fully saturated rings. The molecule has 3 heterocycles. The number of hydrogen-bond acceptors (Lipinski definition) is 3. The Hall–Kier alpha value is -9.19. The summed E-state index contributed by atoms with van der Waals surface area (Å²) in [4.78, 5) is 16.3. The zero-order valence-electron chi connectivity index (χ0n) is 36.9. The number of para-hydroxylation sites is 3. The molecule has 0 aliphatic rings. The third-order valence-corrected chi connectivity index (χ3v) is 13.2. The van der Waals surface area contributed by atoms with Crippen LogP contribution in [0.2, 0.25) is 0 Å². The maximum atomic E-state index is 5.51. The smallest absolute Gasteiger partial charge is 0.238 e. The zero-order chi connectivity index (χ0) is 45.0. The molecule has 0 aliphatic carbocycles. The second-order valence-corrected chi connectivity index (χ2v) is 17.2. The van der Waals surface area contributed by atoms with Crippen molar-refractivity contribution in [3.8, 4) is 78.9 Å². The van der Waals surface area contributed by atoms with E-state index in [4.69, 9.17) is 15.0 Å². The van der Waals surface area contributed by atoms with Crippen LogP contribution in [-0.4, -0.2) is 24.1 Å². The Bertz CT molecular complexity index is 3850. The van der Waals surface area contributed by atoms with E-state index in [2.05, 4.69) is 246 Å². The Balaban J connectivity index is 1.16. The highest BCUT2D eigenvalue weighted by Crippen LogP contribution is 2.45. The minimum Gasteiger partial charge on any atom is -0.306 e. The minimum atomic E-state index is 0.537. The highest BCUT2D eigenvalue weighted by atomic mass is 15.2. The average Bonchev–Trinajstić information content (AvgIpc) is 3.95. The molecule has 5 nitrogen and oxygen atoms in total. The first-order chi connectivity index (χ1) is 33.7. The topological polar surface area (TPSA) is 48.5 Å². The first-order valence-corrected chi connectivity index (χ1v) is 23.0. The van der Waals surface area contributed by atoms with Crippen molar-refractivity contribution in [1.82, 2.24) is 24.1 Å². The van der Waals surface area contributed by atoms with Crippen LogP contribution in [0.1, 0.15) is 0 Å². The van der Waals surface area contributed by atoms with Gasteiger partial charge in [0.25, 0.3) is 0 Å². The van der Waals surface area contributed by atoms with Crippen molar-refractivity contribution in [3.63, 3.8) is 0 Å². The van der Waals surface area contributed by atoms with Gasteiger partial charge in [0.2, 0.25) is 5.95 Å². The molecule has 0 bridgehead atoms. The summed E-state index contributed by atoms with van der Waals surface area (Å²) >= 11 is 0. The van der Waals surface area contributed by atoms with Gasteiger partial charge >= 0.3 is 0 Å². The number of nitrogens with zero attached hydrogens (tertiary/aromatic N) is 5. The van der Waals surface area contributed by atoms with Crippen LogP contribution in [0.3, 0.4) is 0 Å². The number of fused-ring (bicyclic) bond motifs is 7. The Labute approximate surface area is 393 Å². The molecule has 5 heteroatoms. The van der Waals surface area contributed by atoms with Crippen LogP contribution in [0.5, 0.6) is 0 Å². The Morgan fingerprint density at radius 1 is 0.250 bits per heavy atom. The monoisotopic (exact) mass is 867 g/mol. The van der Waals surface area contributed by atoms with Crippen molar-refractivity contribution in [2.75, 3.05) is 0 Å². The third-order valence-electron chi connectivity index (χ3n) is 13.2. The fourth-order valence-electron chi connectivity index (χ4n) is 10.1. The number of aromatic nitrogens is 5. The minimum absolute atomic E-state index is 0.537. The van der Waals surface area contributed by atoms with Gasteiger partial charge < -0.3 is 4.57 Å². The summed E-state index contributed by atoms with van der Waals surface area (Å²) < 4.78 is 4.79. The van der Waals surface area contributed by atoms with E-state index in [0.29, 0.717) is 17.6 Å². The van der Waals surface area contributed by atoms with E-state index < -0.39 is 0 Å². The lowest BCUT2D eigenvalue weighted by molar-refractivity contribution is 0.953. The molecule has 13 rings (SSSR count). The zero-order valence-corrected chi connectivity index (χ0v) is 36.9. The number of hydrogen-bond donors (Lipinski definition) is 0. The summed E-state index contributed by atoms with van der Waals surface area (Å²) in [6, 6.07) is 88.2. The second kappa shape index (κ2) is 16.4. The fraction of sp³-hybridized carbons (Fsp3) is 0. The van der Waals surface area contributed by atoms with Crippen LogP contribution in [0.15, 0.2) is 249 Å². The Morgan fingerprint density at radius 3 is 1.10 bits per heavy atom. The van der Waals surface area contributed by atoms with Gasteiger partial charge in [-0.05, 0) is 57.6 Å². The molecule has 10 aromatic carbocycles. The quantitative estimate of drug-likeness (QED) is 0.153. The van der Waals surface area contributed by atoms with Gasteiger partial charge in [0, 0.05) is 43.8 Å². The van der Waals surface area contributed by atoms with Gasteiger partial charge in [0.05, 0.1) is 27.8 Å². The molecular formula is C63H41N5. The molecule has 0 saturated carbocycles. The molecule has 0 atom stereocenters. The van der Waals surface area contributed by atoms with Crippen LogP contribution >= 0.6 is 0 Å². The highest BCUT2D eigenvalue weighted by molar-refractivity contribution is 6.24. The Morgan fingerprint density at radius 2 is 0.618 bits per heavy atom. The second-order valence-electron chi connectivity index (χ2n) is 17.2. The van der Waals surface area contributed by atoms with Gasteiger partial charge in [-0.1, -0.05) is 224 Å². The lowest BCUT2D eigenvalue weighted by atomic mass is 9.95. The average molecular weight is 868 g/mol. The van der Waals surface area contributed by atoms with Crippen molar-refractivity contribution in [3.05, 3.63) is 249 Å². The summed E-state index contributed by atoms with van der Waals surface area (Å²) in [6.45, 7) is 0. The molecule has 0 spiro atoms. The molecule has 318 valence electrons. The lowest BCUT2D eigenvalue weighted by Crippen LogP contribution is -2.07. The van der Waals surface area contributed by atoms with Gasteiger partial charge in [0.15, 0.2) is 11.6 Å². The summed E-state index contributed by atoms with van der Waals surface area (Å²) in [7, 11) is 0. The van der Waals surface area contributed by atoms with Gasteiger partial charge in [-0.2, -0.15) is 9.97 Å². The van der Waals surface area contributed by atoms with E-state index in [1.807, 2.05) is 12.1 Å². The Kier molecular flexibility index (Phi) is 9.43. The van der Waals surface area contributed by atoms with Crippen LogP contribution in [0.4, 0.5) is 0 Å². The first kappa shape index (κ1) is 39.2. The van der Waals surface area contributed by atoms with Crippen LogP contribution in [0.25, 0.3) is 123 Å². The normalized spacial score (nSPS) is 11.5. The molecule has 0 aliphatic heterocycles. The molecule has 68 heavy (non-hydrogen) atoms. The van der Waals surface area contributed by atoms with Gasteiger partial charge in [-0.15, -0.1) is 0 Å². The lowest BCUT2D eigenvalue weighted by Gasteiger charge is -2.20. The predicted octanol–water partition coefficient (Wildman–Crippen LogP) is 16.1. The molecule has 0 N–H and O–H groups in total. The summed E-state index contributed by atoms with van der Waals surface area (Å²) in [6.07, 6.45) is 0. The van der Waals surface area contributed by atoms with Crippen molar-refractivity contribution < 1.29 is 0 Å². The van der Waals surface area contributed by atoms with E-state index in [1.54, 1.807) is 0 Å². The van der Waals surface area contributed by atoms with Gasteiger partial charge in [-0.3, -0.25) is 4.57 Å². The van der Waals surface area contributed by atoms with Crippen molar-refractivity contribution in [1.29, 1.82) is 0 Å². The molecule has 0 radical (unpaired) electrons. The summed E-state index contributed by atoms with van der Waals surface area (Å²) in [5, 5.41) is 4.52. The van der Waals surface area contributed by atoms with Crippen molar-refractivity contribution in [2.24, 2.45) is 0 Å². The third kappa shape index (κ3) is 6.59. The van der Waals surface area contributed by atoms with E-state index in [1.165, 1.54) is 0 Å². The molecular weight excluding hydrogens is 827 g/mol. The van der Waals surface area contributed by atoms with E-state index in [-0.39, 0.29) is 0 Å². The van der Waals surface area contributed by atoms with E-state index >= 15 is 0 Å². The summed E-state index contributed by atoms with van der Waals surface area (Å²) in [5.41, 5.74) is 16.1. The molecule has 3 aromatic heterocycles. The van der Waals surface area contributed by atoms with Crippen LogP contribution in [0, 0.1) is 0 Å². The molecule has 0 amide bonds. The van der Waals surface area contributed by atoms with Gasteiger partial charge in [0.1, 0.15) is 0 Å². The maximum Gasteiger partial charge on any atom is 0.238 e. The molecule has 0 saturated heterocycles. The van der Waals surface area contributed by atoms with E-state index in [9.17, 15) is 0 Å². The number of benzene rings is 10. The van der Waals surface area contributed by atoms with Gasteiger partial charge in [-0.25, -0.2) is 4.98 Å². The maximum absolute atomic E-state index is 5.51.